The fourth-order valence-electron chi connectivity index (χ4n) is 1.97. The highest BCUT2D eigenvalue weighted by molar-refractivity contribution is 6.42. The Hall–Kier alpha value is -1.20. The molecule has 20 heavy (non-hydrogen) atoms. The Kier molecular flexibility index (Phi) is 4.94. The molecule has 0 heterocycles. The van der Waals surface area contributed by atoms with E-state index >= 15 is 0 Å². The highest BCUT2D eigenvalue weighted by Crippen LogP contribution is 2.27. The van der Waals surface area contributed by atoms with Gasteiger partial charge in [-0.1, -0.05) is 29.3 Å². The molecule has 0 fully saturated rings. The largest absolute Gasteiger partial charge is 0.271 e. The van der Waals surface area contributed by atoms with E-state index in [0.29, 0.717) is 22.0 Å². The second-order valence-corrected chi connectivity index (χ2v) is 5.19. The van der Waals surface area contributed by atoms with Gasteiger partial charge in [0.05, 0.1) is 16.1 Å². The van der Waals surface area contributed by atoms with Crippen molar-refractivity contribution >= 4 is 23.2 Å². The van der Waals surface area contributed by atoms with E-state index in [0.717, 1.165) is 11.6 Å². The minimum absolute atomic E-state index is 0.323. The van der Waals surface area contributed by atoms with Crippen LogP contribution in [-0.4, -0.2) is 0 Å². The monoisotopic (exact) mass is 316 g/mol. The lowest BCUT2D eigenvalue weighted by Crippen LogP contribution is -2.29. The summed E-state index contributed by atoms with van der Waals surface area (Å²) in [6.45, 7) is 0. The van der Waals surface area contributed by atoms with E-state index in [1.165, 1.54) is 12.1 Å². The Morgan fingerprint density at radius 1 is 1.00 bits per heavy atom. The van der Waals surface area contributed by atoms with Gasteiger partial charge in [-0.05, 0) is 41.8 Å². The lowest BCUT2D eigenvalue weighted by molar-refractivity contribution is 0.540. The molecule has 2 aromatic carbocycles. The summed E-state index contributed by atoms with van der Waals surface area (Å²) in [5, 5.41) is 0.831. The molecule has 0 bridgehead atoms. The minimum atomic E-state index is -0.620. The first-order valence-corrected chi connectivity index (χ1v) is 6.61. The van der Waals surface area contributed by atoms with E-state index in [1.807, 2.05) is 0 Å². The number of hydrogen-bond acceptors (Lipinski definition) is 2. The van der Waals surface area contributed by atoms with Crippen LogP contribution < -0.4 is 11.3 Å². The molecule has 6 heteroatoms. The molecule has 0 saturated carbocycles. The van der Waals surface area contributed by atoms with Crippen LogP contribution in [0.4, 0.5) is 8.78 Å². The highest BCUT2D eigenvalue weighted by Gasteiger charge is 2.13. The van der Waals surface area contributed by atoms with Crippen molar-refractivity contribution in [3.05, 3.63) is 69.2 Å². The predicted molar refractivity (Wildman–Crippen MR) is 76.6 cm³/mol. The van der Waals surface area contributed by atoms with Crippen LogP contribution in [0.25, 0.3) is 0 Å². The van der Waals surface area contributed by atoms with Gasteiger partial charge >= 0.3 is 0 Å². The van der Waals surface area contributed by atoms with Crippen molar-refractivity contribution in [2.45, 2.75) is 12.5 Å². The summed E-state index contributed by atoms with van der Waals surface area (Å²) in [5.74, 6) is 4.26. The van der Waals surface area contributed by atoms with Gasteiger partial charge in [-0.25, -0.2) is 8.78 Å². The Morgan fingerprint density at radius 3 is 2.20 bits per heavy atom. The van der Waals surface area contributed by atoms with Crippen molar-refractivity contribution in [2.24, 2.45) is 5.84 Å². The summed E-state index contributed by atoms with van der Waals surface area (Å²) < 4.78 is 26.3. The SMILES string of the molecule is NNC(Cc1cc(F)cc(F)c1)c1ccc(Cl)c(Cl)c1. The molecule has 3 N–H and O–H groups in total. The predicted octanol–water partition coefficient (Wildman–Crippen LogP) is 4.02. The zero-order valence-corrected chi connectivity index (χ0v) is 11.8. The average Bonchev–Trinajstić information content (AvgIpc) is 2.38. The number of rotatable bonds is 4. The Balaban J connectivity index is 2.26. The number of halogens is 4. The summed E-state index contributed by atoms with van der Waals surface area (Å²) in [4.78, 5) is 0. The van der Waals surface area contributed by atoms with E-state index in [1.54, 1.807) is 18.2 Å². The Labute approximate surface area is 125 Å². The van der Waals surface area contributed by atoms with E-state index in [9.17, 15) is 8.78 Å². The molecule has 106 valence electrons. The fourth-order valence-corrected chi connectivity index (χ4v) is 2.27. The van der Waals surface area contributed by atoms with Crippen LogP contribution in [0.3, 0.4) is 0 Å². The van der Waals surface area contributed by atoms with Crippen LogP contribution in [0.15, 0.2) is 36.4 Å². The van der Waals surface area contributed by atoms with E-state index in [4.69, 9.17) is 29.0 Å². The molecule has 0 spiro atoms. The number of nitrogens with two attached hydrogens (primary N) is 1. The van der Waals surface area contributed by atoms with Gasteiger partial charge in [-0.15, -0.1) is 0 Å². The Bertz CT molecular complexity index is 600. The maximum absolute atomic E-state index is 13.2. The van der Waals surface area contributed by atoms with Gasteiger partial charge < -0.3 is 0 Å². The summed E-state index contributed by atoms with van der Waals surface area (Å²) in [5.41, 5.74) is 3.89. The minimum Gasteiger partial charge on any atom is -0.271 e. The summed E-state index contributed by atoms with van der Waals surface area (Å²) in [6.07, 6.45) is 0.323. The van der Waals surface area contributed by atoms with Gasteiger partial charge in [0, 0.05) is 6.07 Å². The molecule has 1 atom stereocenters. The van der Waals surface area contributed by atoms with Gasteiger partial charge in [0.2, 0.25) is 0 Å². The molecule has 0 saturated heterocycles. The van der Waals surface area contributed by atoms with E-state index in [-0.39, 0.29) is 6.04 Å². The molecular weight excluding hydrogens is 305 g/mol. The Morgan fingerprint density at radius 2 is 1.65 bits per heavy atom. The summed E-state index contributed by atoms with van der Waals surface area (Å²) in [7, 11) is 0. The third-order valence-electron chi connectivity index (χ3n) is 2.91. The van der Waals surface area contributed by atoms with Crippen molar-refractivity contribution in [1.82, 2.24) is 5.43 Å². The summed E-state index contributed by atoms with van der Waals surface area (Å²) >= 11 is 11.8. The van der Waals surface area contributed by atoms with Crippen LogP contribution >= 0.6 is 23.2 Å². The molecule has 0 aliphatic rings. The van der Waals surface area contributed by atoms with Gasteiger partial charge in [0.15, 0.2) is 0 Å². The zero-order chi connectivity index (χ0) is 14.7. The summed E-state index contributed by atoms with van der Waals surface area (Å²) in [6, 6.07) is 8.11. The number of hydrogen-bond donors (Lipinski definition) is 2. The second kappa shape index (κ2) is 6.50. The van der Waals surface area contributed by atoms with Crippen molar-refractivity contribution in [3.63, 3.8) is 0 Å². The fraction of sp³-hybridized carbons (Fsp3) is 0.143. The maximum atomic E-state index is 13.2. The van der Waals surface area contributed by atoms with Crippen LogP contribution in [0.1, 0.15) is 17.2 Å². The van der Waals surface area contributed by atoms with Crippen molar-refractivity contribution < 1.29 is 8.78 Å². The van der Waals surface area contributed by atoms with Crippen molar-refractivity contribution in [1.29, 1.82) is 0 Å². The first-order chi connectivity index (χ1) is 9.49. The average molecular weight is 317 g/mol. The normalized spacial score (nSPS) is 12.4. The standard InChI is InChI=1S/C14H12Cl2F2N2/c15-12-2-1-9(6-13(12)16)14(20-19)5-8-3-10(17)7-11(18)4-8/h1-4,6-7,14,20H,5,19H2. The topological polar surface area (TPSA) is 38.0 Å². The molecule has 1 unspecified atom stereocenters. The van der Waals surface area contributed by atoms with Crippen LogP contribution in [0.5, 0.6) is 0 Å². The number of hydrazine groups is 1. The van der Waals surface area contributed by atoms with Gasteiger partial charge in [-0.3, -0.25) is 11.3 Å². The third-order valence-corrected chi connectivity index (χ3v) is 3.65. The molecule has 0 aliphatic heterocycles. The molecule has 0 amide bonds. The van der Waals surface area contributed by atoms with Crippen LogP contribution in [-0.2, 0) is 6.42 Å². The molecule has 2 aromatic rings. The van der Waals surface area contributed by atoms with Gasteiger partial charge in [0.1, 0.15) is 11.6 Å². The maximum Gasteiger partial charge on any atom is 0.126 e. The zero-order valence-electron chi connectivity index (χ0n) is 10.3. The van der Waals surface area contributed by atoms with E-state index < -0.39 is 11.6 Å². The lowest BCUT2D eigenvalue weighted by Gasteiger charge is -2.17. The molecule has 2 nitrogen and oxygen atoms in total. The molecule has 0 aliphatic carbocycles. The lowest BCUT2D eigenvalue weighted by atomic mass is 9.99. The first kappa shape index (κ1) is 15.2. The van der Waals surface area contributed by atoms with Crippen LogP contribution in [0, 0.1) is 11.6 Å². The highest BCUT2D eigenvalue weighted by atomic mass is 35.5. The second-order valence-electron chi connectivity index (χ2n) is 4.37. The quantitative estimate of drug-likeness (QED) is 0.660. The van der Waals surface area contributed by atoms with Crippen molar-refractivity contribution in [3.8, 4) is 0 Å². The number of nitrogens with one attached hydrogen (secondary N) is 1. The molecule has 2 rings (SSSR count). The molecule has 0 aromatic heterocycles. The number of benzene rings is 2. The van der Waals surface area contributed by atoms with Crippen molar-refractivity contribution in [2.75, 3.05) is 0 Å². The smallest absolute Gasteiger partial charge is 0.126 e. The van der Waals surface area contributed by atoms with Gasteiger partial charge in [-0.2, -0.15) is 0 Å². The third kappa shape index (κ3) is 3.67. The van der Waals surface area contributed by atoms with Crippen LogP contribution in [0.2, 0.25) is 10.0 Å². The first-order valence-electron chi connectivity index (χ1n) is 5.85. The van der Waals surface area contributed by atoms with E-state index in [2.05, 4.69) is 5.43 Å². The molecular formula is C14H12Cl2F2N2. The van der Waals surface area contributed by atoms with Gasteiger partial charge in [0.25, 0.3) is 0 Å². The molecule has 0 radical (unpaired) electrons.